The number of hydrogen-bond donors (Lipinski definition) is 1. The Morgan fingerprint density at radius 2 is 2.43 bits per heavy atom. The van der Waals surface area contributed by atoms with Gasteiger partial charge in [0.2, 0.25) is 0 Å². The first-order valence-corrected chi connectivity index (χ1v) is 5.95. The van der Waals surface area contributed by atoms with Gasteiger partial charge < -0.3 is 5.11 Å². The second kappa shape index (κ2) is 5.54. The molecule has 0 radical (unpaired) electrons. The van der Waals surface area contributed by atoms with Crippen LogP contribution in [0.15, 0.2) is 18.0 Å². The van der Waals surface area contributed by atoms with Gasteiger partial charge in [0, 0.05) is 0 Å². The lowest BCUT2D eigenvalue weighted by Crippen LogP contribution is -1.94. The van der Waals surface area contributed by atoms with Crippen LogP contribution < -0.4 is 0 Å². The molecule has 1 aromatic heterocycles. The first kappa shape index (κ1) is 11.8. The zero-order valence-electron chi connectivity index (χ0n) is 8.29. The van der Waals surface area contributed by atoms with Crippen molar-refractivity contribution in [3.05, 3.63) is 33.5 Å². The highest BCUT2D eigenvalue weighted by atomic mass is 35.5. The van der Waals surface area contributed by atoms with E-state index in [1.165, 1.54) is 11.3 Å². The van der Waals surface area contributed by atoms with Crippen LogP contribution in [0.4, 0.5) is 0 Å². The van der Waals surface area contributed by atoms with E-state index in [0.717, 1.165) is 34.7 Å². The Labute approximate surface area is 94.0 Å². The zero-order valence-corrected chi connectivity index (χ0v) is 9.87. The van der Waals surface area contributed by atoms with Crippen LogP contribution in [0.2, 0.25) is 5.02 Å². The summed E-state index contributed by atoms with van der Waals surface area (Å²) in [6, 6.07) is 0. The number of aryl methyl sites for hydroxylation is 1. The normalized spacial score (nSPS) is 12.8. The van der Waals surface area contributed by atoms with Gasteiger partial charge in [-0.2, -0.15) is 0 Å². The minimum Gasteiger partial charge on any atom is -0.388 e. The monoisotopic (exact) mass is 230 g/mol. The number of aliphatic hydroxyl groups is 1. The molecule has 1 rings (SSSR count). The van der Waals surface area contributed by atoms with Crippen LogP contribution in [0, 0.1) is 6.92 Å². The van der Waals surface area contributed by atoms with Crippen LogP contribution in [0.3, 0.4) is 0 Å². The van der Waals surface area contributed by atoms with Crippen molar-refractivity contribution in [3.63, 3.8) is 0 Å². The molecule has 1 aromatic rings. The number of unbranched alkanes of at least 4 members (excludes halogenated alkanes) is 1. The molecular weight excluding hydrogens is 216 g/mol. The number of allylic oxidation sites excluding steroid dienone is 1. The highest BCUT2D eigenvalue weighted by Crippen LogP contribution is 2.34. The molecule has 0 bridgehead atoms. The SMILES string of the molecule is C=CCCCC(O)c1scc(C)c1Cl. The largest absolute Gasteiger partial charge is 0.388 e. The molecule has 0 saturated carbocycles. The molecule has 0 aromatic carbocycles. The zero-order chi connectivity index (χ0) is 10.6. The van der Waals surface area contributed by atoms with Gasteiger partial charge in [-0.3, -0.25) is 0 Å². The van der Waals surface area contributed by atoms with E-state index in [2.05, 4.69) is 6.58 Å². The fourth-order valence-corrected chi connectivity index (χ4v) is 2.60. The molecule has 3 heteroatoms. The first-order chi connectivity index (χ1) is 6.66. The van der Waals surface area contributed by atoms with E-state index < -0.39 is 6.10 Å². The van der Waals surface area contributed by atoms with Gasteiger partial charge in [0.05, 0.1) is 16.0 Å². The molecular formula is C11H15ClOS. The standard InChI is InChI=1S/C11H15ClOS/c1-3-4-5-6-9(13)11-10(12)8(2)7-14-11/h3,7,9,13H,1,4-6H2,2H3. The van der Waals surface area contributed by atoms with Crippen LogP contribution in [0.5, 0.6) is 0 Å². The van der Waals surface area contributed by atoms with E-state index in [0.29, 0.717) is 0 Å². The third-order valence-corrected chi connectivity index (χ3v) is 3.93. The Balaban J connectivity index is 2.55. The summed E-state index contributed by atoms with van der Waals surface area (Å²) in [6.07, 6.45) is 4.11. The van der Waals surface area contributed by atoms with Crippen LogP contribution in [0.1, 0.15) is 35.8 Å². The molecule has 0 aliphatic heterocycles. The molecule has 0 aliphatic carbocycles. The molecule has 1 atom stereocenters. The molecule has 78 valence electrons. The summed E-state index contributed by atoms with van der Waals surface area (Å²) in [4.78, 5) is 0.897. The van der Waals surface area contributed by atoms with Crippen LogP contribution in [0.25, 0.3) is 0 Å². The van der Waals surface area contributed by atoms with Crippen LogP contribution in [-0.4, -0.2) is 5.11 Å². The average molecular weight is 231 g/mol. The lowest BCUT2D eigenvalue weighted by Gasteiger charge is -2.08. The van der Waals surface area contributed by atoms with Gasteiger partial charge in [-0.15, -0.1) is 17.9 Å². The summed E-state index contributed by atoms with van der Waals surface area (Å²) in [5, 5.41) is 12.5. The number of halogens is 1. The maximum Gasteiger partial charge on any atom is 0.0897 e. The molecule has 0 aliphatic rings. The second-order valence-electron chi connectivity index (χ2n) is 3.33. The van der Waals surface area contributed by atoms with Crippen molar-refractivity contribution in [2.45, 2.75) is 32.3 Å². The Morgan fingerprint density at radius 3 is 2.93 bits per heavy atom. The van der Waals surface area contributed by atoms with Gasteiger partial charge in [-0.05, 0) is 37.1 Å². The summed E-state index contributed by atoms with van der Waals surface area (Å²) in [7, 11) is 0. The smallest absolute Gasteiger partial charge is 0.0897 e. The second-order valence-corrected chi connectivity index (χ2v) is 4.62. The molecule has 0 amide bonds. The van der Waals surface area contributed by atoms with Crippen molar-refractivity contribution >= 4 is 22.9 Å². The van der Waals surface area contributed by atoms with E-state index >= 15 is 0 Å². The van der Waals surface area contributed by atoms with E-state index in [1.807, 2.05) is 18.4 Å². The molecule has 14 heavy (non-hydrogen) atoms. The highest BCUT2D eigenvalue weighted by Gasteiger charge is 2.14. The number of aliphatic hydroxyl groups excluding tert-OH is 1. The summed E-state index contributed by atoms with van der Waals surface area (Å²) in [5.41, 5.74) is 1.05. The predicted octanol–water partition coefficient (Wildman–Crippen LogP) is 4.10. The number of rotatable bonds is 5. The number of thiophene rings is 1. The van der Waals surface area contributed by atoms with E-state index in [-0.39, 0.29) is 0 Å². The molecule has 0 fully saturated rings. The van der Waals surface area contributed by atoms with Gasteiger partial charge in [-0.25, -0.2) is 0 Å². The summed E-state index contributed by atoms with van der Waals surface area (Å²) < 4.78 is 0. The molecule has 0 spiro atoms. The van der Waals surface area contributed by atoms with Gasteiger partial charge in [0.25, 0.3) is 0 Å². The summed E-state index contributed by atoms with van der Waals surface area (Å²) in [6.45, 7) is 5.60. The van der Waals surface area contributed by atoms with E-state index in [9.17, 15) is 5.11 Å². The minimum absolute atomic E-state index is 0.416. The van der Waals surface area contributed by atoms with Crippen molar-refractivity contribution in [1.29, 1.82) is 0 Å². The van der Waals surface area contributed by atoms with E-state index in [4.69, 9.17) is 11.6 Å². The molecule has 0 saturated heterocycles. The van der Waals surface area contributed by atoms with Crippen molar-refractivity contribution in [3.8, 4) is 0 Å². The summed E-state index contributed by atoms with van der Waals surface area (Å²) >= 11 is 7.58. The quantitative estimate of drug-likeness (QED) is 0.597. The van der Waals surface area contributed by atoms with Gasteiger partial charge in [-0.1, -0.05) is 17.7 Å². The highest BCUT2D eigenvalue weighted by molar-refractivity contribution is 7.10. The van der Waals surface area contributed by atoms with Crippen LogP contribution >= 0.6 is 22.9 Å². The van der Waals surface area contributed by atoms with Gasteiger partial charge in [0.1, 0.15) is 0 Å². The Kier molecular flexibility index (Phi) is 4.66. The molecule has 1 unspecified atom stereocenters. The van der Waals surface area contributed by atoms with Gasteiger partial charge in [0.15, 0.2) is 0 Å². The topological polar surface area (TPSA) is 20.2 Å². The summed E-state index contributed by atoms with van der Waals surface area (Å²) in [5.74, 6) is 0. The fraction of sp³-hybridized carbons (Fsp3) is 0.455. The first-order valence-electron chi connectivity index (χ1n) is 4.69. The molecule has 1 nitrogen and oxygen atoms in total. The predicted molar refractivity (Wildman–Crippen MR) is 63.1 cm³/mol. The molecule has 1 N–H and O–H groups in total. The van der Waals surface area contributed by atoms with Crippen LogP contribution in [-0.2, 0) is 0 Å². The Hall–Kier alpha value is -0.310. The molecule has 1 heterocycles. The lowest BCUT2D eigenvalue weighted by molar-refractivity contribution is 0.169. The van der Waals surface area contributed by atoms with Gasteiger partial charge >= 0.3 is 0 Å². The lowest BCUT2D eigenvalue weighted by atomic mass is 10.1. The third kappa shape index (κ3) is 2.84. The third-order valence-electron chi connectivity index (χ3n) is 2.11. The minimum atomic E-state index is -0.416. The Bertz CT molecular complexity index is 306. The maximum atomic E-state index is 9.83. The van der Waals surface area contributed by atoms with E-state index in [1.54, 1.807) is 0 Å². The number of hydrogen-bond acceptors (Lipinski definition) is 2. The van der Waals surface area contributed by atoms with Crippen molar-refractivity contribution in [2.75, 3.05) is 0 Å². The average Bonchev–Trinajstić information content (AvgIpc) is 2.48. The maximum absolute atomic E-state index is 9.83. The van der Waals surface area contributed by atoms with Crippen molar-refractivity contribution < 1.29 is 5.11 Å². The fourth-order valence-electron chi connectivity index (χ4n) is 1.26. The van der Waals surface area contributed by atoms with Crippen molar-refractivity contribution in [1.82, 2.24) is 0 Å². The van der Waals surface area contributed by atoms with Crippen molar-refractivity contribution in [2.24, 2.45) is 0 Å². The Morgan fingerprint density at radius 1 is 1.71 bits per heavy atom.